The number of nitrogens with one attached hydrogen (secondary N) is 1. The number of sulfonamides is 1. The van der Waals surface area contributed by atoms with E-state index in [-0.39, 0.29) is 23.5 Å². The van der Waals surface area contributed by atoms with E-state index in [1.807, 2.05) is 31.2 Å². The first-order chi connectivity index (χ1) is 14.3. The van der Waals surface area contributed by atoms with Gasteiger partial charge in [0.15, 0.2) is 0 Å². The van der Waals surface area contributed by atoms with E-state index in [2.05, 4.69) is 4.72 Å². The number of hydrogen-bond donors (Lipinski definition) is 1. The number of amides is 1. The third-order valence-corrected chi connectivity index (χ3v) is 6.41. The predicted molar refractivity (Wildman–Crippen MR) is 114 cm³/mol. The zero-order valence-electron chi connectivity index (χ0n) is 17.3. The van der Waals surface area contributed by atoms with Crippen molar-refractivity contribution in [2.45, 2.75) is 30.8 Å². The van der Waals surface area contributed by atoms with Gasteiger partial charge < -0.3 is 14.4 Å². The van der Waals surface area contributed by atoms with Gasteiger partial charge in [0.05, 0.1) is 17.5 Å². The summed E-state index contributed by atoms with van der Waals surface area (Å²) in [5.74, 6) is 0.569. The van der Waals surface area contributed by atoms with Gasteiger partial charge in [0.1, 0.15) is 12.4 Å². The molecule has 0 radical (unpaired) electrons. The Kier molecular flexibility index (Phi) is 7.47. The molecule has 162 valence electrons. The first-order valence-electron chi connectivity index (χ1n) is 10.0. The molecule has 0 bridgehead atoms. The van der Waals surface area contributed by atoms with Crippen LogP contribution in [0.2, 0.25) is 0 Å². The Morgan fingerprint density at radius 3 is 2.67 bits per heavy atom. The predicted octanol–water partition coefficient (Wildman–Crippen LogP) is 2.60. The van der Waals surface area contributed by atoms with Crippen LogP contribution in [0.1, 0.15) is 28.8 Å². The third kappa shape index (κ3) is 6.04. The minimum absolute atomic E-state index is 0.0729. The molecule has 3 rings (SSSR count). The molecule has 8 heteroatoms. The maximum absolute atomic E-state index is 12.6. The molecular formula is C22H28N2O5S. The monoisotopic (exact) mass is 432 g/mol. The summed E-state index contributed by atoms with van der Waals surface area (Å²) in [7, 11) is -1.94. The van der Waals surface area contributed by atoms with Gasteiger partial charge in [-0.15, -0.1) is 0 Å². The van der Waals surface area contributed by atoms with Crippen LogP contribution in [-0.4, -0.2) is 58.7 Å². The number of likely N-dealkylation sites (N-methyl/N-ethyl adjacent to an activating group) is 1. The number of carbonyl (C=O) groups excluding carboxylic acids is 1. The van der Waals surface area contributed by atoms with E-state index >= 15 is 0 Å². The average Bonchev–Trinajstić information content (AvgIpc) is 3.26. The van der Waals surface area contributed by atoms with Crippen molar-refractivity contribution in [1.82, 2.24) is 9.62 Å². The number of nitrogens with zero attached hydrogens (tertiary/aromatic N) is 1. The van der Waals surface area contributed by atoms with Gasteiger partial charge in [-0.1, -0.05) is 12.1 Å². The van der Waals surface area contributed by atoms with Gasteiger partial charge in [0.2, 0.25) is 10.0 Å². The van der Waals surface area contributed by atoms with E-state index in [0.29, 0.717) is 25.3 Å². The van der Waals surface area contributed by atoms with E-state index < -0.39 is 10.0 Å². The van der Waals surface area contributed by atoms with Crippen molar-refractivity contribution in [3.8, 4) is 5.75 Å². The fraction of sp³-hybridized carbons (Fsp3) is 0.409. The van der Waals surface area contributed by atoms with E-state index in [9.17, 15) is 13.2 Å². The molecule has 0 saturated carbocycles. The Morgan fingerprint density at radius 1 is 1.23 bits per heavy atom. The zero-order valence-corrected chi connectivity index (χ0v) is 18.2. The van der Waals surface area contributed by atoms with Crippen LogP contribution in [0.25, 0.3) is 0 Å². The Balaban J connectivity index is 1.51. The van der Waals surface area contributed by atoms with E-state index in [4.69, 9.17) is 9.47 Å². The standard InChI is InChI=1S/C22H28N2O5S/c1-17-5-3-6-19(15-17)29-14-12-24(2)22(25)18-8-10-21(11-9-18)30(26,27)23-16-20-7-4-13-28-20/h3,5-6,8-11,15,20,23H,4,7,12-14,16H2,1-2H3. The number of hydrogen-bond acceptors (Lipinski definition) is 5. The smallest absolute Gasteiger partial charge is 0.253 e. The molecule has 0 spiro atoms. The van der Waals surface area contributed by atoms with Crippen LogP contribution in [-0.2, 0) is 14.8 Å². The summed E-state index contributed by atoms with van der Waals surface area (Å²) >= 11 is 0. The molecule has 1 atom stereocenters. The lowest BCUT2D eigenvalue weighted by atomic mass is 10.2. The molecule has 0 aliphatic carbocycles. The molecule has 2 aromatic carbocycles. The maximum atomic E-state index is 12.6. The fourth-order valence-corrected chi connectivity index (χ4v) is 4.26. The van der Waals surface area contributed by atoms with Crippen molar-refractivity contribution < 1.29 is 22.7 Å². The second-order valence-electron chi connectivity index (χ2n) is 7.40. The normalized spacial score (nSPS) is 16.4. The van der Waals surface area contributed by atoms with Crippen LogP contribution < -0.4 is 9.46 Å². The minimum Gasteiger partial charge on any atom is -0.492 e. The second-order valence-corrected chi connectivity index (χ2v) is 9.17. The van der Waals surface area contributed by atoms with E-state index in [1.54, 1.807) is 11.9 Å². The van der Waals surface area contributed by atoms with Gasteiger partial charge >= 0.3 is 0 Å². The number of ether oxygens (including phenoxy) is 2. The van der Waals surface area contributed by atoms with Crippen molar-refractivity contribution in [1.29, 1.82) is 0 Å². The van der Waals surface area contributed by atoms with E-state index in [1.165, 1.54) is 24.3 Å². The van der Waals surface area contributed by atoms with Crippen LogP contribution in [0.5, 0.6) is 5.75 Å². The third-order valence-electron chi connectivity index (χ3n) is 4.97. The highest BCUT2D eigenvalue weighted by atomic mass is 32.2. The van der Waals surface area contributed by atoms with Crippen LogP contribution in [0.15, 0.2) is 53.4 Å². The van der Waals surface area contributed by atoms with Crippen LogP contribution >= 0.6 is 0 Å². The summed E-state index contributed by atoms with van der Waals surface area (Å²) in [6.45, 7) is 3.70. The fourth-order valence-electron chi connectivity index (χ4n) is 3.20. The van der Waals surface area contributed by atoms with Gasteiger partial charge in [0, 0.05) is 25.8 Å². The summed E-state index contributed by atoms with van der Waals surface area (Å²) in [4.78, 5) is 14.3. The van der Waals surface area contributed by atoms with Crippen molar-refractivity contribution >= 4 is 15.9 Å². The number of aryl methyl sites for hydroxylation is 1. The highest BCUT2D eigenvalue weighted by Gasteiger charge is 2.21. The topological polar surface area (TPSA) is 84.9 Å². The molecule has 1 aliphatic heterocycles. The lowest BCUT2D eigenvalue weighted by Crippen LogP contribution is -2.32. The molecule has 1 amide bonds. The Hall–Kier alpha value is -2.42. The summed E-state index contributed by atoms with van der Waals surface area (Å²) in [5.41, 5.74) is 1.53. The van der Waals surface area contributed by atoms with Gasteiger partial charge in [-0.3, -0.25) is 4.79 Å². The van der Waals surface area contributed by atoms with Crippen molar-refractivity contribution in [3.05, 3.63) is 59.7 Å². The molecule has 0 aromatic heterocycles. The van der Waals surface area contributed by atoms with Crippen LogP contribution in [0.3, 0.4) is 0 Å². The molecule has 7 nitrogen and oxygen atoms in total. The summed E-state index contributed by atoms with van der Waals surface area (Å²) in [5, 5.41) is 0. The summed E-state index contributed by atoms with van der Waals surface area (Å²) < 4.78 is 38.5. The van der Waals surface area contributed by atoms with E-state index in [0.717, 1.165) is 24.2 Å². The molecular weight excluding hydrogens is 404 g/mol. The maximum Gasteiger partial charge on any atom is 0.253 e. The summed E-state index contributed by atoms with van der Waals surface area (Å²) in [6, 6.07) is 13.7. The van der Waals surface area contributed by atoms with Gasteiger partial charge in [-0.05, 0) is 61.7 Å². The molecule has 1 aliphatic rings. The first-order valence-corrected chi connectivity index (χ1v) is 11.5. The lowest BCUT2D eigenvalue weighted by Gasteiger charge is -2.18. The first kappa shape index (κ1) is 22.3. The molecule has 1 saturated heterocycles. The highest BCUT2D eigenvalue weighted by molar-refractivity contribution is 7.89. The van der Waals surface area contributed by atoms with Crippen molar-refractivity contribution in [2.75, 3.05) is 33.4 Å². The molecule has 2 aromatic rings. The molecule has 30 heavy (non-hydrogen) atoms. The van der Waals surface area contributed by atoms with Crippen molar-refractivity contribution in [2.24, 2.45) is 0 Å². The Morgan fingerprint density at radius 2 is 2.00 bits per heavy atom. The largest absolute Gasteiger partial charge is 0.492 e. The second kappa shape index (κ2) is 10.1. The lowest BCUT2D eigenvalue weighted by molar-refractivity contribution is 0.0773. The van der Waals surface area contributed by atoms with Gasteiger partial charge in [-0.25, -0.2) is 13.1 Å². The summed E-state index contributed by atoms with van der Waals surface area (Å²) in [6.07, 6.45) is 1.74. The average molecular weight is 433 g/mol. The van der Waals surface area contributed by atoms with Gasteiger partial charge in [-0.2, -0.15) is 0 Å². The zero-order chi connectivity index (χ0) is 21.6. The van der Waals surface area contributed by atoms with Crippen LogP contribution in [0, 0.1) is 6.92 Å². The molecule has 1 unspecified atom stereocenters. The Labute approximate surface area is 178 Å². The highest BCUT2D eigenvalue weighted by Crippen LogP contribution is 2.15. The Bertz CT molecular complexity index is 954. The molecule has 1 N–H and O–H groups in total. The number of carbonyl (C=O) groups is 1. The molecule has 1 heterocycles. The van der Waals surface area contributed by atoms with Gasteiger partial charge in [0.25, 0.3) is 5.91 Å². The minimum atomic E-state index is -3.63. The van der Waals surface area contributed by atoms with Crippen molar-refractivity contribution in [3.63, 3.8) is 0 Å². The quantitative estimate of drug-likeness (QED) is 0.658. The molecule has 1 fully saturated rings. The van der Waals surface area contributed by atoms with Crippen LogP contribution in [0.4, 0.5) is 0 Å². The SMILES string of the molecule is Cc1cccc(OCCN(C)C(=O)c2ccc(S(=O)(=O)NCC3CCCO3)cc2)c1. The number of rotatable bonds is 9. The number of benzene rings is 2.